The van der Waals surface area contributed by atoms with Crippen molar-refractivity contribution in [2.45, 2.75) is 6.92 Å². The molecule has 0 bridgehead atoms. The van der Waals surface area contributed by atoms with Gasteiger partial charge in [-0.05, 0) is 25.1 Å². The molecule has 0 saturated carbocycles. The van der Waals surface area contributed by atoms with Gasteiger partial charge in [-0.2, -0.15) is 0 Å². The fourth-order valence-electron chi connectivity index (χ4n) is 1.12. The van der Waals surface area contributed by atoms with Crippen LogP contribution in [0.5, 0.6) is 0 Å². The van der Waals surface area contributed by atoms with Gasteiger partial charge < -0.3 is 15.4 Å². The van der Waals surface area contributed by atoms with Crippen molar-refractivity contribution in [3.63, 3.8) is 0 Å². The SMILES string of the molecule is CCOC(=O)CNC(=O)Nc1cc(Br)ccc1Cl. The number of nitrogens with one attached hydrogen (secondary N) is 2. The molecule has 1 aromatic rings. The molecule has 18 heavy (non-hydrogen) atoms. The molecule has 0 saturated heterocycles. The molecule has 2 N–H and O–H groups in total. The summed E-state index contributed by atoms with van der Waals surface area (Å²) in [5, 5.41) is 5.30. The predicted molar refractivity (Wildman–Crippen MR) is 72.8 cm³/mol. The fraction of sp³-hybridized carbons (Fsp3) is 0.273. The molecule has 7 heteroatoms. The number of benzene rings is 1. The molecule has 0 atom stereocenters. The van der Waals surface area contributed by atoms with Gasteiger partial charge in [0.2, 0.25) is 0 Å². The van der Waals surface area contributed by atoms with Gasteiger partial charge in [0, 0.05) is 4.47 Å². The van der Waals surface area contributed by atoms with E-state index in [9.17, 15) is 9.59 Å². The Hall–Kier alpha value is -1.27. The van der Waals surface area contributed by atoms with Crippen molar-refractivity contribution >= 4 is 45.2 Å². The monoisotopic (exact) mass is 334 g/mol. The summed E-state index contributed by atoms with van der Waals surface area (Å²) in [6.07, 6.45) is 0. The zero-order valence-corrected chi connectivity index (χ0v) is 12.0. The number of ether oxygens (including phenoxy) is 1. The first-order valence-electron chi connectivity index (χ1n) is 5.18. The van der Waals surface area contributed by atoms with Gasteiger partial charge >= 0.3 is 12.0 Å². The van der Waals surface area contributed by atoms with Crippen LogP contribution >= 0.6 is 27.5 Å². The summed E-state index contributed by atoms with van der Waals surface area (Å²) in [5.74, 6) is -0.493. The van der Waals surface area contributed by atoms with Crippen LogP contribution < -0.4 is 10.6 Å². The summed E-state index contributed by atoms with van der Waals surface area (Å²) in [4.78, 5) is 22.5. The largest absolute Gasteiger partial charge is 0.465 e. The van der Waals surface area contributed by atoms with Gasteiger partial charge in [0.15, 0.2) is 0 Å². The van der Waals surface area contributed by atoms with Crippen molar-refractivity contribution in [3.8, 4) is 0 Å². The molecule has 0 aliphatic rings. The number of carbonyl (C=O) groups excluding carboxylic acids is 2. The fourth-order valence-corrected chi connectivity index (χ4v) is 1.65. The highest BCUT2D eigenvalue weighted by atomic mass is 79.9. The number of esters is 1. The van der Waals surface area contributed by atoms with Crippen molar-refractivity contribution in [3.05, 3.63) is 27.7 Å². The van der Waals surface area contributed by atoms with E-state index in [1.54, 1.807) is 25.1 Å². The maximum Gasteiger partial charge on any atom is 0.325 e. The molecule has 0 aliphatic carbocycles. The molecule has 1 rings (SSSR count). The highest BCUT2D eigenvalue weighted by Crippen LogP contribution is 2.25. The Bertz CT molecular complexity index is 454. The average molecular weight is 336 g/mol. The highest BCUT2D eigenvalue weighted by molar-refractivity contribution is 9.10. The minimum Gasteiger partial charge on any atom is -0.465 e. The molecule has 0 aromatic heterocycles. The number of urea groups is 1. The number of anilines is 1. The van der Waals surface area contributed by atoms with Crippen molar-refractivity contribution in [1.82, 2.24) is 5.32 Å². The van der Waals surface area contributed by atoms with E-state index >= 15 is 0 Å². The molecule has 0 heterocycles. The Morgan fingerprint density at radius 1 is 1.44 bits per heavy atom. The highest BCUT2D eigenvalue weighted by Gasteiger charge is 2.08. The van der Waals surface area contributed by atoms with Gasteiger partial charge in [0.05, 0.1) is 17.3 Å². The van der Waals surface area contributed by atoms with Gasteiger partial charge in [-0.25, -0.2) is 4.79 Å². The van der Waals surface area contributed by atoms with Crippen LogP contribution in [-0.2, 0) is 9.53 Å². The predicted octanol–water partition coefficient (Wildman–Crippen LogP) is 2.79. The van der Waals surface area contributed by atoms with Crippen LogP contribution in [0, 0.1) is 0 Å². The topological polar surface area (TPSA) is 67.4 Å². The standard InChI is InChI=1S/C11H12BrClN2O3/c1-2-18-10(16)6-14-11(17)15-9-5-7(12)3-4-8(9)13/h3-5H,2,6H2,1H3,(H2,14,15,17). The Morgan fingerprint density at radius 3 is 2.83 bits per heavy atom. The number of amides is 2. The van der Waals surface area contributed by atoms with Gasteiger partial charge in [0.25, 0.3) is 0 Å². The Morgan fingerprint density at radius 2 is 2.17 bits per heavy atom. The van der Waals surface area contributed by atoms with Gasteiger partial charge in [-0.1, -0.05) is 27.5 Å². The van der Waals surface area contributed by atoms with Gasteiger partial charge in [-0.15, -0.1) is 0 Å². The molecule has 0 aliphatic heterocycles. The first-order chi connectivity index (χ1) is 8.52. The molecule has 0 unspecified atom stereocenters. The zero-order chi connectivity index (χ0) is 13.5. The smallest absolute Gasteiger partial charge is 0.325 e. The van der Waals surface area contributed by atoms with E-state index in [0.717, 1.165) is 4.47 Å². The molecule has 2 amide bonds. The van der Waals surface area contributed by atoms with Crippen LogP contribution in [0.15, 0.2) is 22.7 Å². The summed E-state index contributed by atoms with van der Waals surface area (Å²) >= 11 is 9.16. The van der Waals surface area contributed by atoms with E-state index in [1.165, 1.54) is 0 Å². The van der Waals surface area contributed by atoms with Crippen LogP contribution in [0.2, 0.25) is 5.02 Å². The van der Waals surface area contributed by atoms with E-state index in [0.29, 0.717) is 10.7 Å². The summed E-state index contributed by atoms with van der Waals surface area (Å²) in [7, 11) is 0. The maximum absolute atomic E-state index is 11.5. The maximum atomic E-state index is 11.5. The van der Waals surface area contributed by atoms with E-state index in [1.807, 2.05) is 0 Å². The summed E-state index contributed by atoms with van der Waals surface area (Å²) in [6, 6.07) is 4.53. The van der Waals surface area contributed by atoms with Crippen molar-refractivity contribution in [1.29, 1.82) is 0 Å². The molecular formula is C11H12BrClN2O3. The number of hydrogen-bond donors (Lipinski definition) is 2. The van der Waals surface area contributed by atoms with Gasteiger partial charge in [-0.3, -0.25) is 4.79 Å². The van der Waals surface area contributed by atoms with E-state index in [4.69, 9.17) is 11.6 Å². The molecule has 1 aromatic carbocycles. The Kier molecular flexibility index (Phi) is 5.94. The second kappa shape index (κ2) is 7.23. The minimum absolute atomic E-state index is 0.189. The van der Waals surface area contributed by atoms with E-state index in [-0.39, 0.29) is 13.2 Å². The average Bonchev–Trinajstić information content (AvgIpc) is 2.32. The van der Waals surface area contributed by atoms with E-state index in [2.05, 4.69) is 31.3 Å². The molecular weight excluding hydrogens is 323 g/mol. The number of carbonyl (C=O) groups is 2. The lowest BCUT2D eigenvalue weighted by molar-refractivity contribution is -0.141. The van der Waals surface area contributed by atoms with Crippen molar-refractivity contribution < 1.29 is 14.3 Å². The molecule has 0 radical (unpaired) electrons. The lowest BCUT2D eigenvalue weighted by Crippen LogP contribution is -2.34. The lowest BCUT2D eigenvalue weighted by Gasteiger charge is -2.09. The minimum atomic E-state index is -0.525. The third kappa shape index (κ3) is 4.93. The van der Waals surface area contributed by atoms with Crippen molar-refractivity contribution in [2.75, 3.05) is 18.5 Å². The lowest BCUT2D eigenvalue weighted by atomic mass is 10.3. The normalized spacial score (nSPS) is 9.72. The third-order valence-electron chi connectivity index (χ3n) is 1.88. The van der Waals surface area contributed by atoms with Gasteiger partial charge in [0.1, 0.15) is 6.54 Å². The second-order valence-corrected chi connectivity index (χ2v) is 4.56. The van der Waals surface area contributed by atoms with Crippen LogP contribution in [0.4, 0.5) is 10.5 Å². The number of hydrogen-bond acceptors (Lipinski definition) is 3. The summed E-state index contributed by atoms with van der Waals surface area (Å²) in [6.45, 7) is 1.78. The van der Waals surface area contributed by atoms with Crippen LogP contribution in [0.1, 0.15) is 6.92 Å². The zero-order valence-electron chi connectivity index (χ0n) is 9.63. The first kappa shape index (κ1) is 14.8. The Labute approximate surface area is 118 Å². The second-order valence-electron chi connectivity index (χ2n) is 3.24. The first-order valence-corrected chi connectivity index (χ1v) is 6.35. The summed E-state index contributed by atoms with van der Waals surface area (Å²) in [5.41, 5.74) is 0.451. The third-order valence-corrected chi connectivity index (χ3v) is 2.70. The van der Waals surface area contributed by atoms with Crippen LogP contribution in [0.3, 0.4) is 0 Å². The molecule has 0 fully saturated rings. The number of halogens is 2. The van der Waals surface area contributed by atoms with E-state index < -0.39 is 12.0 Å². The van der Waals surface area contributed by atoms with Crippen LogP contribution in [-0.4, -0.2) is 25.2 Å². The summed E-state index contributed by atoms with van der Waals surface area (Å²) < 4.78 is 5.46. The number of rotatable bonds is 4. The molecule has 98 valence electrons. The quantitative estimate of drug-likeness (QED) is 0.831. The molecule has 0 spiro atoms. The Balaban J connectivity index is 2.49. The van der Waals surface area contributed by atoms with Crippen molar-refractivity contribution in [2.24, 2.45) is 0 Å². The molecule has 5 nitrogen and oxygen atoms in total. The van der Waals surface area contributed by atoms with Crippen LogP contribution in [0.25, 0.3) is 0 Å².